The Balaban J connectivity index is 1.53. The molecule has 1 saturated heterocycles. The second kappa shape index (κ2) is 8.50. The normalized spacial score (nSPS) is 21.5. The third-order valence-corrected chi connectivity index (χ3v) is 5.57. The number of nitrogens with zero attached hydrogens (tertiary/aromatic N) is 3. The number of rotatable bonds is 6. The Morgan fingerprint density at radius 1 is 1.20 bits per heavy atom. The largest absolute Gasteiger partial charge is 0.356 e. The molecular formula is C19H30N4O2. The molecule has 1 saturated carbocycles. The van der Waals surface area contributed by atoms with Gasteiger partial charge in [-0.3, -0.25) is 14.3 Å². The molecule has 6 heteroatoms. The van der Waals surface area contributed by atoms with Crippen molar-refractivity contribution >= 4 is 11.8 Å². The minimum absolute atomic E-state index is 0.0269. The highest BCUT2D eigenvalue weighted by Crippen LogP contribution is 2.25. The quantitative estimate of drug-likeness (QED) is 0.861. The fraction of sp³-hybridized carbons (Fsp3) is 0.737. The van der Waals surface area contributed by atoms with Crippen molar-refractivity contribution in [2.24, 2.45) is 5.92 Å². The molecule has 2 heterocycles. The van der Waals surface area contributed by atoms with E-state index in [1.165, 1.54) is 12.8 Å². The summed E-state index contributed by atoms with van der Waals surface area (Å²) in [7, 11) is 0. The number of aromatic nitrogens is 2. The van der Waals surface area contributed by atoms with Crippen molar-refractivity contribution in [3.63, 3.8) is 0 Å². The van der Waals surface area contributed by atoms with Gasteiger partial charge in [0.2, 0.25) is 5.91 Å². The maximum absolute atomic E-state index is 12.8. The van der Waals surface area contributed by atoms with E-state index >= 15 is 0 Å². The number of piperidine rings is 1. The number of hydrogen-bond donors (Lipinski definition) is 1. The van der Waals surface area contributed by atoms with Gasteiger partial charge in [-0.15, -0.1) is 0 Å². The van der Waals surface area contributed by atoms with Crippen LogP contribution in [-0.2, 0) is 11.3 Å². The average molecular weight is 346 g/mol. The van der Waals surface area contributed by atoms with Crippen LogP contribution in [0.4, 0.5) is 0 Å². The molecule has 6 nitrogen and oxygen atoms in total. The van der Waals surface area contributed by atoms with Gasteiger partial charge in [0.1, 0.15) is 5.69 Å². The molecule has 1 atom stereocenters. The van der Waals surface area contributed by atoms with Crippen LogP contribution in [0, 0.1) is 5.92 Å². The topological polar surface area (TPSA) is 67.2 Å². The Morgan fingerprint density at radius 3 is 2.68 bits per heavy atom. The molecule has 2 amide bonds. The smallest absolute Gasteiger partial charge is 0.274 e. The van der Waals surface area contributed by atoms with E-state index in [0.29, 0.717) is 12.2 Å². The van der Waals surface area contributed by atoms with Crippen molar-refractivity contribution in [2.45, 2.75) is 70.9 Å². The van der Waals surface area contributed by atoms with Crippen LogP contribution in [0.1, 0.15) is 68.8 Å². The van der Waals surface area contributed by atoms with Crippen molar-refractivity contribution in [1.29, 1.82) is 0 Å². The third kappa shape index (κ3) is 4.41. The summed E-state index contributed by atoms with van der Waals surface area (Å²) in [6.07, 6.45) is 10.3. The van der Waals surface area contributed by atoms with Gasteiger partial charge in [0, 0.05) is 37.8 Å². The van der Waals surface area contributed by atoms with Crippen molar-refractivity contribution in [2.75, 3.05) is 13.1 Å². The van der Waals surface area contributed by atoms with Crippen LogP contribution in [0.2, 0.25) is 0 Å². The lowest BCUT2D eigenvalue weighted by Crippen LogP contribution is -2.45. The molecule has 25 heavy (non-hydrogen) atoms. The Kier molecular flexibility index (Phi) is 6.10. The van der Waals surface area contributed by atoms with E-state index in [9.17, 15) is 9.59 Å². The van der Waals surface area contributed by atoms with Gasteiger partial charge in [-0.05, 0) is 51.5 Å². The van der Waals surface area contributed by atoms with Crippen molar-refractivity contribution in [1.82, 2.24) is 20.0 Å². The van der Waals surface area contributed by atoms with Crippen LogP contribution >= 0.6 is 0 Å². The van der Waals surface area contributed by atoms with E-state index in [2.05, 4.69) is 10.4 Å². The highest BCUT2D eigenvalue weighted by molar-refractivity contribution is 5.92. The average Bonchev–Trinajstić information content (AvgIpc) is 3.33. The molecule has 3 rings (SSSR count). The van der Waals surface area contributed by atoms with Gasteiger partial charge in [0.25, 0.3) is 5.91 Å². The number of amides is 2. The minimum Gasteiger partial charge on any atom is -0.356 e. The summed E-state index contributed by atoms with van der Waals surface area (Å²) in [4.78, 5) is 26.9. The second-order valence-corrected chi connectivity index (χ2v) is 7.27. The number of aryl methyl sites for hydroxylation is 1. The molecule has 0 unspecified atom stereocenters. The molecule has 2 fully saturated rings. The molecule has 1 N–H and O–H groups in total. The first-order chi connectivity index (χ1) is 12.2. The van der Waals surface area contributed by atoms with Crippen molar-refractivity contribution < 1.29 is 9.59 Å². The predicted octanol–water partition coefficient (Wildman–Crippen LogP) is 2.59. The molecular weight excluding hydrogens is 316 g/mol. The number of nitrogens with one attached hydrogen (secondary N) is 1. The highest BCUT2D eigenvalue weighted by atomic mass is 16.2. The molecule has 1 aromatic rings. The van der Waals surface area contributed by atoms with E-state index in [1.54, 1.807) is 10.7 Å². The summed E-state index contributed by atoms with van der Waals surface area (Å²) in [6, 6.07) is 2.01. The van der Waals surface area contributed by atoms with Crippen LogP contribution in [0.3, 0.4) is 0 Å². The number of carbonyl (C=O) groups excluding carboxylic acids is 2. The summed E-state index contributed by atoms with van der Waals surface area (Å²) >= 11 is 0. The molecule has 138 valence electrons. The Morgan fingerprint density at radius 2 is 1.96 bits per heavy atom. The zero-order chi connectivity index (χ0) is 17.6. The maximum Gasteiger partial charge on any atom is 0.274 e. The summed E-state index contributed by atoms with van der Waals surface area (Å²) in [6.45, 7) is 4.23. The van der Waals surface area contributed by atoms with Gasteiger partial charge < -0.3 is 10.2 Å². The number of likely N-dealkylation sites (tertiary alicyclic amines) is 1. The van der Waals surface area contributed by atoms with Crippen LogP contribution in [-0.4, -0.2) is 45.6 Å². The van der Waals surface area contributed by atoms with Crippen LogP contribution in [0.25, 0.3) is 0 Å². The highest BCUT2D eigenvalue weighted by Gasteiger charge is 2.29. The Labute approximate surface area is 149 Å². The van der Waals surface area contributed by atoms with Crippen molar-refractivity contribution in [3.8, 4) is 0 Å². The van der Waals surface area contributed by atoms with Gasteiger partial charge >= 0.3 is 0 Å². The lowest BCUT2D eigenvalue weighted by Gasteiger charge is -2.35. The van der Waals surface area contributed by atoms with Gasteiger partial charge in [-0.25, -0.2) is 0 Å². The number of hydrogen-bond acceptors (Lipinski definition) is 3. The fourth-order valence-electron chi connectivity index (χ4n) is 4.06. The zero-order valence-corrected chi connectivity index (χ0v) is 15.2. The SMILES string of the molecule is CCn1ccc(C(=O)N2CCCC[C@@H]2CCNC(=O)C2CCCC2)n1. The summed E-state index contributed by atoms with van der Waals surface area (Å²) in [5, 5.41) is 7.44. The van der Waals surface area contributed by atoms with Crippen LogP contribution in [0.15, 0.2) is 12.3 Å². The molecule has 0 spiro atoms. The van der Waals surface area contributed by atoms with E-state index in [1.807, 2.05) is 18.0 Å². The van der Waals surface area contributed by atoms with E-state index in [4.69, 9.17) is 0 Å². The maximum atomic E-state index is 12.8. The first kappa shape index (κ1) is 18.0. The second-order valence-electron chi connectivity index (χ2n) is 7.27. The standard InChI is InChI=1S/C19H30N4O2/c1-2-22-14-11-17(21-22)19(25)23-13-6-5-9-16(23)10-12-20-18(24)15-7-3-4-8-15/h11,14-16H,2-10,12-13H2,1H3,(H,20,24)/t16-/m1/s1. The molecule has 0 aromatic carbocycles. The molecule has 0 bridgehead atoms. The van der Waals surface area contributed by atoms with E-state index < -0.39 is 0 Å². The summed E-state index contributed by atoms with van der Waals surface area (Å²) < 4.78 is 1.79. The number of carbonyl (C=O) groups is 2. The first-order valence-corrected chi connectivity index (χ1v) is 9.81. The van der Waals surface area contributed by atoms with Gasteiger partial charge in [-0.1, -0.05) is 12.8 Å². The minimum atomic E-state index is 0.0269. The molecule has 1 aliphatic carbocycles. The van der Waals surface area contributed by atoms with Gasteiger partial charge in [0.05, 0.1) is 0 Å². The molecule has 0 radical (unpaired) electrons. The fourth-order valence-corrected chi connectivity index (χ4v) is 4.06. The lowest BCUT2D eigenvalue weighted by molar-refractivity contribution is -0.124. The molecule has 2 aliphatic rings. The van der Waals surface area contributed by atoms with Gasteiger partial charge in [-0.2, -0.15) is 5.10 Å². The lowest BCUT2D eigenvalue weighted by atomic mass is 9.98. The van der Waals surface area contributed by atoms with Crippen LogP contribution in [0.5, 0.6) is 0 Å². The first-order valence-electron chi connectivity index (χ1n) is 9.81. The van der Waals surface area contributed by atoms with Crippen molar-refractivity contribution in [3.05, 3.63) is 18.0 Å². The molecule has 1 aliphatic heterocycles. The molecule has 1 aromatic heterocycles. The summed E-state index contributed by atoms with van der Waals surface area (Å²) in [5.41, 5.74) is 0.531. The Hall–Kier alpha value is -1.85. The predicted molar refractivity (Wildman–Crippen MR) is 96.2 cm³/mol. The van der Waals surface area contributed by atoms with E-state index in [0.717, 1.165) is 51.6 Å². The Bertz CT molecular complexity index is 592. The monoisotopic (exact) mass is 346 g/mol. The zero-order valence-electron chi connectivity index (χ0n) is 15.2. The van der Waals surface area contributed by atoms with Crippen LogP contribution < -0.4 is 5.32 Å². The summed E-state index contributed by atoms with van der Waals surface area (Å²) in [5.74, 6) is 0.439. The third-order valence-electron chi connectivity index (χ3n) is 5.57. The van der Waals surface area contributed by atoms with Gasteiger partial charge in [0.15, 0.2) is 0 Å². The van der Waals surface area contributed by atoms with E-state index in [-0.39, 0.29) is 23.8 Å².